The predicted molar refractivity (Wildman–Crippen MR) is 106 cm³/mol. The molecule has 146 valence electrons. The molecule has 1 aromatic heterocycles. The van der Waals surface area contributed by atoms with E-state index in [1.807, 2.05) is 0 Å². The van der Waals surface area contributed by atoms with Gasteiger partial charge in [0.2, 0.25) is 0 Å². The molecule has 0 spiro atoms. The lowest BCUT2D eigenvalue weighted by Crippen LogP contribution is -2.37. The molecule has 1 aromatic carbocycles. The molecular weight excluding hydrogens is 390 g/mol. The summed E-state index contributed by atoms with van der Waals surface area (Å²) in [6, 6.07) is 5.06. The van der Waals surface area contributed by atoms with Gasteiger partial charge in [0.25, 0.3) is 5.56 Å². The van der Waals surface area contributed by atoms with Crippen LogP contribution in [0.5, 0.6) is 0 Å². The van der Waals surface area contributed by atoms with Gasteiger partial charge in [-0.1, -0.05) is 23.4 Å². The third-order valence-electron chi connectivity index (χ3n) is 4.39. The highest BCUT2D eigenvalue weighted by Gasteiger charge is 2.14. The molecule has 3 rings (SSSR count). The number of carboxylic acids is 1. The number of carboxylic acid groups (broad SMARTS) is 1. The quantitative estimate of drug-likeness (QED) is 0.527. The third kappa shape index (κ3) is 5.44. The van der Waals surface area contributed by atoms with Gasteiger partial charge in [0.15, 0.2) is 5.16 Å². The van der Waals surface area contributed by atoms with Crippen molar-refractivity contribution in [3.8, 4) is 0 Å². The number of nitrogens with zero attached hydrogens (tertiary/aromatic N) is 3. The van der Waals surface area contributed by atoms with Crippen molar-refractivity contribution in [2.24, 2.45) is 0 Å². The Morgan fingerprint density at radius 3 is 2.81 bits per heavy atom. The molecule has 2 heterocycles. The van der Waals surface area contributed by atoms with Crippen LogP contribution in [0.25, 0.3) is 10.9 Å². The molecule has 1 aliphatic heterocycles. The Kier molecular flexibility index (Phi) is 7.12. The minimum Gasteiger partial charge on any atom is -0.481 e. The van der Waals surface area contributed by atoms with Crippen LogP contribution in [0.1, 0.15) is 12.8 Å². The summed E-state index contributed by atoms with van der Waals surface area (Å²) < 4.78 is 7.00. The number of morpholine rings is 1. The van der Waals surface area contributed by atoms with Gasteiger partial charge in [0, 0.05) is 37.0 Å². The number of halogens is 1. The van der Waals surface area contributed by atoms with Crippen molar-refractivity contribution in [2.45, 2.75) is 24.5 Å². The fraction of sp³-hybridized carbons (Fsp3) is 0.500. The zero-order chi connectivity index (χ0) is 19.2. The molecule has 0 amide bonds. The number of rotatable bonds is 8. The van der Waals surface area contributed by atoms with E-state index in [-0.39, 0.29) is 12.0 Å². The second kappa shape index (κ2) is 9.54. The van der Waals surface area contributed by atoms with Gasteiger partial charge in [-0.2, -0.15) is 0 Å². The van der Waals surface area contributed by atoms with E-state index in [1.165, 1.54) is 11.8 Å². The van der Waals surface area contributed by atoms with E-state index < -0.39 is 5.97 Å². The number of fused-ring (bicyclic) bond motifs is 1. The van der Waals surface area contributed by atoms with Crippen molar-refractivity contribution < 1.29 is 14.6 Å². The number of hydrogen-bond donors (Lipinski definition) is 1. The maximum absolute atomic E-state index is 13.0. The molecule has 1 aliphatic rings. The average molecular weight is 412 g/mol. The summed E-state index contributed by atoms with van der Waals surface area (Å²) in [7, 11) is 0. The fourth-order valence-corrected chi connectivity index (χ4v) is 4.11. The van der Waals surface area contributed by atoms with Crippen molar-refractivity contribution >= 4 is 40.2 Å². The summed E-state index contributed by atoms with van der Waals surface area (Å²) in [5, 5.41) is 10.4. The maximum atomic E-state index is 13.0. The van der Waals surface area contributed by atoms with Gasteiger partial charge in [-0.25, -0.2) is 4.98 Å². The molecule has 0 bridgehead atoms. The molecule has 27 heavy (non-hydrogen) atoms. The predicted octanol–water partition coefficient (Wildman–Crippen LogP) is 2.34. The Hall–Kier alpha value is -1.61. The highest BCUT2D eigenvalue weighted by Crippen LogP contribution is 2.21. The summed E-state index contributed by atoms with van der Waals surface area (Å²) in [4.78, 5) is 30.7. The molecule has 9 heteroatoms. The molecular formula is C18H22ClN3O4S. The summed E-state index contributed by atoms with van der Waals surface area (Å²) in [5.74, 6) is -0.499. The second-order valence-corrected chi connectivity index (χ2v) is 7.81. The van der Waals surface area contributed by atoms with Crippen LogP contribution in [0.2, 0.25) is 5.02 Å². The first-order chi connectivity index (χ1) is 13.0. The molecule has 0 radical (unpaired) electrons. The topological polar surface area (TPSA) is 84.7 Å². The van der Waals surface area contributed by atoms with Gasteiger partial charge < -0.3 is 9.84 Å². The monoisotopic (exact) mass is 411 g/mol. The molecule has 1 fully saturated rings. The van der Waals surface area contributed by atoms with E-state index in [0.29, 0.717) is 33.4 Å². The lowest BCUT2D eigenvalue weighted by Gasteiger charge is -2.26. The average Bonchev–Trinajstić information content (AvgIpc) is 2.65. The molecule has 0 saturated carbocycles. The van der Waals surface area contributed by atoms with Gasteiger partial charge in [-0.15, -0.1) is 0 Å². The molecule has 0 atom stereocenters. The largest absolute Gasteiger partial charge is 0.481 e. The number of thioether (sulfide) groups is 1. The number of ether oxygens (including phenoxy) is 1. The molecule has 1 saturated heterocycles. The first kappa shape index (κ1) is 20.1. The molecule has 2 aromatic rings. The number of aliphatic carboxylic acids is 1. The van der Waals surface area contributed by atoms with Crippen LogP contribution in [0.3, 0.4) is 0 Å². The van der Waals surface area contributed by atoms with Crippen LogP contribution < -0.4 is 5.56 Å². The number of hydrogen-bond acceptors (Lipinski definition) is 6. The summed E-state index contributed by atoms with van der Waals surface area (Å²) >= 11 is 7.34. The third-order valence-corrected chi connectivity index (χ3v) is 5.60. The number of benzene rings is 1. The van der Waals surface area contributed by atoms with Crippen LogP contribution in [0.15, 0.2) is 28.2 Å². The van der Waals surface area contributed by atoms with Crippen molar-refractivity contribution in [3.63, 3.8) is 0 Å². The van der Waals surface area contributed by atoms with Crippen LogP contribution in [-0.4, -0.2) is 64.1 Å². The minimum atomic E-state index is -0.865. The summed E-state index contributed by atoms with van der Waals surface area (Å²) in [5.41, 5.74) is 0.439. The van der Waals surface area contributed by atoms with E-state index in [1.54, 1.807) is 22.8 Å². The van der Waals surface area contributed by atoms with Crippen molar-refractivity contribution in [3.05, 3.63) is 33.6 Å². The highest BCUT2D eigenvalue weighted by molar-refractivity contribution is 7.99. The normalized spacial score (nSPS) is 15.3. The molecule has 1 N–H and O–H groups in total. The zero-order valence-electron chi connectivity index (χ0n) is 14.9. The van der Waals surface area contributed by atoms with Crippen LogP contribution in [0.4, 0.5) is 0 Å². The van der Waals surface area contributed by atoms with Crippen molar-refractivity contribution in [1.29, 1.82) is 0 Å². The molecule has 7 nitrogen and oxygen atoms in total. The standard InChI is InChI=1S/C18H22ClN3O4S/c19-13-2-3-15-14(12-13)17(25)22(18(20-15)27-11-4-16(23)24)6-1-5-21-7-9-26-10-8-21/h2-3,12H,1,4-11H2,(H,23,24). The first-order valence-electron chi connectivity index (χ1n) is 8.89. The van der Waals surface area contributed by atoms with Crippen molar-refractivity contribution in [1.82, 2.24) is 14.5 Å². The van der Waals surface area contributed by atoms with Crippen LogP contribution in [0, 0.1) is 0 Å². The first-order valence-corrected chi connectivity index (χ1v) is 10.3. The summed E-state index contributed by atoms with van der Waals surface area (Å²) in [6.45, 7) is 4.70. The zero-order valence-corrected chi connectivity index (χ0v) is 16.5. The molecule has 0 unspecified atom stereocenters. The Balaban J connectivity index is 1.80. The van der Waals surface area contributed by atoms with Crippen LogP contribution >= 0.6 is 23.4 Å². The Morgan fingerprint density at radius 1 is 1.30 bits per heavy atom. The Labute approximate surface area is 166 Å². The fourth-order valence-electron chi connectivity index (χ4n) is 2.99. The van der Waals surface area contributed by atoms with E-state index in [9.17, 15) is 9.59 Å². The van der Waals surface area contributed by atoms with Crippen LogP contribution in [-0.2, 0) is 16.1 Å². The van der Waals surface area contributed by atoms with Gasteiger partial charge in [0.05, 0.1) is 30.5 Å². The maximum Gasteiger partial charge on any atom is 0.304 e. The highest BCUT2D eigenvalue weighted by atomic mass is 35.5. The Morgan fingerprint density at radius 2 is 2.07 bits per heavy atom. The molecule has 0 aliphatic carbocycles. The lowest BCUT2D eigenvalue weighted by molar-refractivity contribution is -0.136. The van der Waals surface area contributed by atoms with Gasteiger partial charge in [-0.05, 0) is 24.6 Å². The van der Waals surface area contributed by atoms with Gasteiger partial charge in [0.1, 0.15) is 0 Å². The Bertz CT molecular complexity index is 868. The van der Waals surface area contributed by atoms with Crippen molar-refractivity contribution in [2.75, 3.05) is 38.6 Å². The minimum absolute atomic E-state index is 0.0208. The number of carbonyl (C=O) groups is 1. The summed E-state index contributed by atoms with van der Waals surface area (Å²) in [6.07, 6.45) is 0.827. The van der Waals surface area contributed by atoms with E-state index >= 15 is 0 Å². The lowest BCUT2D eigenvalue weighted by atomic mass is 10.2. The SMILES string of the molecule is O=C(O)CCSc1nc2ccc(Cl)cc2c(=O)n1CCCN1CCOCC1. The van der Waals surface area contributed by atoms with E-state index in [4.69, 9.17) is 21.4 Å². The second-order valence-electron chi connectivity index (χ2n) is 6.31. The van der Waals surface area contributed by atoms with E-state index in [2.05, 4.69) is 9.88 Å². The smallest absolute Gasteiger partial charge is 0.304 e. The van der Waals surface area contributed by atoms with Gasteiger partial charge >= 0.3 is 5.97 Å². The van der Waals surface area contributed by atoms with E-state index in [0.717, 1.165) is 39.3 Å². The number of aromatic nitrogens is 2. The van der Waals surface area contributed by atoms with Gasteiger partial charge in [-0.3, -0.25) is 19.1 Å².